The second-order valence-corrected chi connectivity index (χ2v) is 3.00. The number of aromatic nitrogens is 3. The van der Waals surface area contributed by atoms with E-state index in [9.17, 15) is 4.79 Å². The summed E-state index contributed by atoms with van der Waals surface area (Å²) in [7, 11) is 0. The van der Waals surface area contributed by atoms with Crippen LogP contribution < -0.4 is 0 Å². The highest BCUT2D eigenvalue weighted by Crippen LogP contribution is 2.39. The quantitative estimate of drug-likeness (QED) is 0.703. The third kappa shape index (κ3) is 1.17. The number of rotatable bonds is 3. The first kappa shape index (κ1) is 7.27. The van der Waals surface area contributed by atoms with Gasteiger partial charge in [0.1, 0.15) is 0 Å². The van der Waals surface area contributed by atoms with Crippen LogP contribution in [0, 0.1) is 5.92 Å². The minimum absolute atomic E-state index is 0.254. The highest BCUT2D eigenvalue weighted by molar-refractivity contribution is 5.72. The molecule has 0 bridgehead atoms. The van der Waals surface area contributed by atoms with Crippen LogP contribution in [-0.2, 0) is 4.79 Å². The fourth-order valence-corrected chi connectivity index (χ4v) is 1.31. The van der Waals surface area contributed by atoms with E-state index in [0.717, 1.165) is 12.8 Å². The molecule has 1 aliphatic carbocycles. The van der Waals surface area contributed by atoms with Gasteiger partial charge in [0.05, 0.1) is 6.20 Å². The average Bonchev–Trinajstić information content (AvgIpc) is 2.65. The van der Waals surface area contributed by atoms with Crippen molar-refractivity contribution in [2.24, 2.45) is 5.92 Å². The van der Waals surface area contributed by atoms with E-state index in [1.807, 2.05) is 0 Å². The van der Waals surface area contributed by atoms with Gasteiger partial charge in [-0.3, -0.25) is 0 Å². The second-order valence-electron chi connectivity index (χ2n) is 3.00. The standard InChI is InChI=1S/C7H9N3O2/c11-7(12)6(5-1-2-5)10-4-3-8-9-10/h3-6H,1-2H2,(H,11,12)/t6-/m1/s1. The van der Waals surface area contributed by atoms with E-state index in [1.54, 1.807) is 6.20 Å². The Morgan fingerprint density at radius 1 is 1.67 bits per heavy atom. The number of hydrogen-bond donors (Lipinski definition) is 1. The van der Waals surface area contributed by atoms with Crippen LogP contribution in [-0.4, -0.2) is 26.1 Å². The summed E-state index contributed by atoms with van der Waals surface area (Å²) in [4.78, 5) is 10.8. The SMILES string of the molecule is O=C(O)[C@@H](C1CC1)n1ccnn1. The molecule has 0 amide bonds. The van der Waals surface area contributed by atoms with Crippen molar-refractivity contribution >= 4 is 5.97 Å². The molecule has 0 aliphatic heterocycles. The summed E-state index contributed by atoms with van der Waals surface area (Å²) in [5.74, 6) is -0.563. The Labute approximate surface area is 69.0 Å². The van der Waals surface area contributed by atoms with Crippen molar-refractivity contribution in [2.45, 2.75) is 18.9 Å². The third-order valence-electron chi connectivity index (χ3n) is 2.05. The van der Waals surface area contributed by atoms with Crippen molar-refractivity contribution in [1.82, 2.24) is 15.0 Å². The molecular formula is C7H9N3O2. The molecule has 5 heteroatoms. The Bertz CT molecular complexity index is 279. The number of carboxylic acid groups (broad SMARTS) is 1. The molecule has 0 spiro atoms. The van der Waals surface area contributed by atoms with E-state index < -0.39 is 12.0 Å². The first-order chi connectivity index (χ1) is 5.79. The number of aliphatic carboxylic acids is 1. The molecule has 12 heavy (non-hydrogen) atoms. The van der Waals surface area contributed by atoms with Crippen LogP contribution in [0.4, 0.5) is 0 Å². The minimum Gasteiger partial charge on any atom is -0.480 e. The number of nitrogens with zero attached hydrogens (tertiary/aromatic N) is 3. The smallest absolute Gasteiger partial charge is 0.328 e. The number of carbonyl (C=O) groups is 1. The maximum Gasteiger partial charge on any atom is 0.328 e. The van der Waals surface area contributed by atoms with Crippen LogP contribution in [0.5, 0.6) is 0 Å². The second kappa shape index (κ2) is 2.58. The average molecular weight is 167 g/mol. The van der Waals surface area contributed by atoms with E-state index in [-0.39, 0.29) is 5.92 Å². The Morgan fingerprint density at radius 3 is 2.83 bits per heavy atom. The molecule has 0 saturated heterocycles. The monoisotopic (exact) mass is 167 g/mol. The zero-order valence-corrected chi connectivity index (χ0v) is 6.42. The third-order valence-corrected chi connectivity index (χ3v) is 2.05. The first-order valence-corrected chi connectivity index (χ1v) is 3.87. The Morgan fingerprint density at radius 2 is 2.42 bits per heavy atom. The maximum absolute atomic E-state index is 10.8. The molecule has 1 saturated carbocycles. The van der Waals surface area contributed by atoms with E-state index in [1.165, 1.54) is 10.9 Å². The predicted octanol–water partition coefficient (Wildman–Crippen LogP) is 0.314. The van der Waals surface area contributed by atoms with E-state index >= 15 is 0 Å². The van der Waals surface area contributed by atoms with Crippen LogP contribution in [0.15, 0.2) is 12.4 Å². The van der Waals surface area contributed by atoms with Crippen LogP contribution in [0.25, 0.3) is 0 Å². The summed E-state index contributed by atoms with van der Waals surface area (Å²) in [6.07, 6.45) is 5.06. The lowest BCUT2D eigenvalue weighted by Crippen LogP contribution is -2.21. The molecule has 1 aromatic heterocycles. The molecule has 1 atom stereocenters. The zero-order valence-electron chi connectivity index (χ0n) is 6.42. The Balaban J connectivity index is 2.21. The molecule has 0 radical (unpaired) electrons. The molecule has 1 aromatic rings. The van der Waals surface area contributed by atoms with Crippen molar-refractivity contribution in [1.29, 1.82) is 0 Å². The van der Waals surface area contributed by atoms with Gasteiger partial charge < -0.3 is 5.11 Å². The van der Waals surface area contributed by atoms with Gasteiger partial charge >= 0.3 is 5.97 Å². The molecule has 2 rings (SSSR count). The van der Waals surface area contributed by atoms with Gasteiger partial charge in [0.2, 0.25) is 0 Å². The van der Waals surface area contributed by atoms with Crippen LogP contribution >= 0.6 is 0 Å². The topological polar surface area (TPSA) is 68.0 Å². The minimum atomic E-state index is -0.817. The number of carboxylic acids is 1. The summed E-state index contributed by atoms with van der Waals surface area (Å²) in [5, 5.41) is 16.1. The van der Waals surface area contributed by atoms with Crippen molar-refractivity contribution in [3.8, 4) is 0 Å². The van der Waals surface area contributed by atoms with Crippen molar-refractivity contribution < 1.29 is 9.90 Å². The van der Waals surface area contributed by atoms with Crippen molar-refractivity contribution in [2.75, 3.05) is 0 Å². The van der Waals surface area contributed by atoms with Gasteiger partial charge in [-0.25, -0.2) is 9.48 Å². The highest BCUT2D eigenvalue weighted by Gasteiger charge is 2.38. The van der Waals surface area contributed by atoms with Crippen LogP contribution in [0.3, 0.4) is 0 Å². The van der Waals surface area contributed by atoms with Gasteiger partial charge in [0.25, 0.3) is 0 Å². The van der Waals surface area contributed by atoms with Crippen molar-refractivity contribution in [3.05, 3.63) is 12.4 Å². The van der Waals surface area contributed by atoms with Gasteiger partial charge in [-0.1, -0.05) is 5.21 Å². The predicted molar refractivity (Wildman–Crippen MR) is 39.4 cm³/mol. The lowest BCUT2D eigenvalue weighted by Gasteiger charge is -2.09. The molecular weight excluding hydrogens is 158 g/mol. The zero-order chi connectivity index (χ0) is 8.55. The lowest BCUT2D eigenvalue weighted by molar-refractivity contribution is -0.142. The van der Waals surface area contributed by atoms with E-state index in [2.05, 4.69) is 10.3 Å². The summed E-state index contributed by atoms with van der Waals surface area (Å²) in [6, 6.07) is -0.507. The maximum atomic E-state index is 10.8. The molecule has 5 nitrogen and oxygen atoms in total. The lowest BCUT2D eigenvalue weighted by atomic mass is 10.2. The summed E-state index contributed by atoms with van der Waals surface area (Å²) < 4.78 is 1.42. The first-order valence-electron chi connectivity index (χ1n) is 3.87. The molecule has 1 aliphatic rings. The largest absolute Gasteiger partial charge is 0.480 e. The highest BCUT2D eigenvalue weighted by atomic mass is 16.4. The molecule has 1 N–H and O–H groups in total. The van der Waals surface area contributed by atoms with E-state index in [0.29, 0.717) is 0 Å². The van der Waals surface area contributed by atoms with Gasteiger partial charge in [0, 0.05) is 6.20 Å². The number of hydrogen-bond acceptors (Lipinski definition) is 3. The summed E-state index contributed by atoms with van der Waals surface area (Å²) >= 11 is 0. The van der Waals surface area contributed by atoms with Crippen LogP contribution in [0.1, 0.15) is 18.9 Å². The molecule has 1 fully saturated rings. The van der Waals surface area contributed by atoms with E-state index in [4.69, 9.17) is 5.11 Å². The molecule has 1 heterocycles. The van der Waals surface area contributed by atoms with Crippen LogP contribution in [0.2, 0.25) is 0 Å². The normalized spacial score (nSPS) is 19.0. The Hall–Kier alpha value is -1.39. The molecule has 64 valence electrons. The van der Waals surface area contributed by atoms with Gasteiger partial charge in [0.15, 0.2) is 6.04 Å². The van der Waals surface area contributed by atoms with Gasteiger partial charge in [-0.05, 0) is 18.8 Å². The summed E-state index contributed by atoms with van der Waals surface area (Å²) in [6.45, 7) is 0. The molecule has 0 unspecified atom stereocenters. The fourth-order valence-electron chi connectivity index (χ4n) is 1.31. The fraction of sp³-hybridized carbons (Fsp3) is 0.571. The Kier molecular flexibility index (Phi) is 1.56. The van der Waals surface area contributed by atoms with Gasteiger partial charge in [-0.15, -0.1) is 5.10 Å². The molecule has 0 aromatic carbocycles. The van der Waals surface area contributed by atoms with Gasteiger partial charge in [-0.2, -0.15) is 0 Å². The van der Waals surface area contributed by atoms with Crippen molar-refractivity contribution in [3.63, 3.8) is 0 Å². The summed E-state index contributed by atoms with van der Waals surface area (Å²) in [5.41, 5.74) is 0.